The molecule has 1 aromatic rings. The maximum Gasteiger partial charge on any atom is 0.272 e. The Hall–Kier alpha value is -1.36. The van der Waals surface area contributed by atoms with Crippen LogP contribution in [-0.4, -0.2) is 26.7 Å². The van der Waals surface area contributed by atoms with Gasteiger partial charge in [-0.05, 0) is 36.7 Å². The highest BCUT2D eigenvalue weighted by atomic mass is 19.3. The molecule has 0 aliphatic rings. The minimum Gasteiger partial charge on any atom is -0.497 e. The highest BCUT2D eigenvalue weighted by molar-refractivity contribution is 5.40. The Kier molecular flexibility index (Phi) is 4.98. The van der Waals surface area contributed by atoms with Gasteiger partial charge in [-0.25, -0.2) is 8.78 Å². The molecule has 0 aliphatic carbocycles. The first-order valence-corrected chi connectivity index (χ1v) is 4.95. The normalized spacial score (nSPS) is 10.6. The Morgan fingerprint density at radius 2 is 2.12 bits per heavy atom. The van der Waals surface area contributed by atoms with Gasteiger partial charge >= 0.3 is 0 Å². The number of benzene rings is 1. The molecule has 5 heteroatoms. The van der Waals surface area contributed by atoms with E-state index >= 15 is 0 Å². The highest BCUT2D eigenvalue weighted by Gasteiger charge is 2.08. The van der Waals surface area contributed by atoms with Gasteiger partial charge in [-0.1, -0.05) is 0 Å². The molecule has 0 radical (unpaired) electrons. The molecule has 0 bridgehead atoms. The summed E-state index contributed by atoms with van der Waals surface area (Å²) in [7, 11) is 1.54. The van der Waals surface area contributed by atoms with Crippen molar-refractivity contribution in [3.05, 3.63) is 23.8 Å². The average molecular weight is 231 g/mol. The lowest BCUT2D eigenvalue weighted by Gasteiger charge is -2.12. The fourth-order valence-corrected chi connectivity index (χ4v) is 1.33. The Labute approximate surface area is 93.2 Å². The van der Waals surface area contributed by atoms with Gasteiger partial charge in [0.2, 0.25) is 0 Å². The lowest BCUT2D eigenvalue weighted by Crippen LogP contribution is -2.10. The van der Waals surface area contributed by atoms with Crippen LogP contribution in [0, 0.1) is 0 Å². The van der Waals surface area contributed by atoms with Crippen molar-refractivity contribution in [3.63, 3.8) is 0 Å². The van der Waals surface area contributed by atoms with E-state index in [1.165, 1.54) is 0 Å². The first-order chi connectivity index (χ1) is 7.67. The summed E-state index contributed by atoms with van der Waals surface area (Å²) in [5.41, 5.74) is 6.21. The van der Waals surface area contributed by atoms with Crippen molar-refractivity contribution in [1.82, 2.24) is 0 Å². The van der Waals surface area contributed by atoms with Crippen LogP contribution in [0.15, 0.2) is 18.2 Å². The van der Waals surface area contributed by atoms with E-state index in [-0.39, 0.29) is 0 Å². The zero-order chi connectivity index (χ0) is 12.0. The van der Waals surface area contributed by atoms with Gasteiger partial charge < -0.3 is 15.2 Å². The molecule has 0 aliphatic heterocycles. The van der Waals surface area contributed by atoms with Gasteiger partial charge in [0, 0.05) is 0 Å². The van der Waals surface area contributed by atoms with Crippen LogP contribution < -0.4 is 15.2 Å². The molecule has 0 aromatic heterocycles. The van der Waals surface area contributed by atoms with Crippen molar-refractivity contribution >= 4 is 0 Å². The lowest BCUT2D eigenvalue weighted by atomic mass is 10.1. The fraction of sp³-hybridized carbons (Fsp3) is 0.455. The number of hydrogen-bond acceptors (Lipinski definition) is 3. The molecule has 3 nitrogen and oxygen atoms in total. The molecule has 2 N–H and O–H groups in total. The third-order valence-electron chi connectivity index (χ3n) is 2.05. The standard InChI is InChI=1S/C11H15F2NO2/c1-15-9-2-3-10(16-7-11(12)13)8(6-9)4-5-14/h2-3,6,11H,4-5,7,14H2,1H3. The molecule has 0 spiro atoms. The van der Waals surface area contributed by atoms with E-state index in [1.54, 1.807) is 25.3 Å². The maximum atomic E-state index is 12.0. The predicted molar refractivity (Wildman–Crippen MR) is 57.3 cm³/mol. The van der Waals surface area contributed by atoms with Crippen molar-refractivity contribution in [2.75, 3.05) is 20.3 Å². The van der Waals surface area contributed by atoms with Crippen LogP contribution in [0.4, 0.5) is 8.78 Å². The van der Waals surface area contributed by atoms with E-state index in [1.807, 2.05) is 0 Å². The summed E-state index contributed by atoms with van der Waals surface area (Å²) in [6.07, 6.45) is -1.91. The predicted octanol–water partition coefficient (Wildman–Crippen LogP) is 1.84. The smallest absolute Gasteiger partial charge is 0.272 e. The first-order valence-electron chi connectivity index (χ1n) is 4.95. The summed E-state index contributed by atoms with van der Waals surface area (Å²) in [6.45, 7) is -0.178. The molecule has 0 saturated carbocycles. The van der Waals surface area contributed by atoms with E-state index < -0.39 is 13.0 Å². The summed E-state index contributed by atoms with van der Waals surface area (Å²) in [4.78, 5) is 0. The fourth-order valence-electron chi connectivity index (χ4n) is 1.33. The van der Waals surface area contributed by atoms with Crippen molar-refractivity contribution in [3.8, 4) is 11.5 Å². The van der Waals surface area contributed by atoms with Gasteiger partial charge in [-0.2, -0.15) is 0 Å². The molecule has 1 rings (SSSR count). The number of nitrogens with two attached hydrogens (primary N) is 1. The molecule has 0 amide bonds. The van der Waals surface area contributed by atoms with E-state index in [4.69, 9.17) is 15.2 Å². The summed E-state index contributed by atoms with van der Waals surface area (Å²) >= 11 is 0. The lowest BCUT2D eigenvalue weighted by molar-refractivity contribution is 0.0814. The molecule has 0 atom stereocenters. The zero-order valence-corrected chi connectivity index (χ0v) is 9.08. The van der Waals surface area contributed by atoms with E-state index in [0.29, 0.717) is 24.5 Å². The minimum atomic E-state index is -2.48. The van der Waals surface area contributed by atoms with Gasteiger partial charge in [0.1, 0.15) is 18.1 Å². The largest absolute Gasteiger partial charge is 0.497 e. The Balaban J connectivity index is 2.80. The number of ether oxygens (including phenoxy) is 2. The molecular weight excluding hydrogens is 216 g/mol. The molecule has 0 saturated heterocycles. The van der Waals surface area contributed by atoms with Crippen molar-refractivity contribution in [2.24, 2.45) is 5.73 Å². The molecule has 16 heavy (non-hydrogen) atoms. The quantitative estimate of drug-likeness (QED) is 0.812. The van der Waals surface area contributed by atoms with E-state index in [2.05, 4.69) is 0 Å². The summed E-state index contributed by atoms with van der Waals surface area (Å²) < 4.78 is 34.0. The SMILES string of the molecule is COc1ccc(OCC(F)F)c(CCN)c1. The number of rotatable bonds is 6. The third kappa shape index (κ3) is 3.66. The van der Waals surface area contributed by atoms with Crippen LogP contribution in [0.5, 0.6) is 11.5 Å². The molecule has 1 aromatic carbocycles. The second-order valence-corrected chi connectivity index (χ2v) is 3.21. The van der Waals surface area contributed by atoms with Crippen LogP contribution in [0.1, 0.15) is 5.56 Å². The van der Waals surface area contributed by atoms with Crippen LogP contribution in [0.25, 0.3) is 0 Å². The Bertz CT molecular complexity index is 332. The monoisotopic (exact) mass is 231 g/mol. The third-order valence-corrected chi connectivity index (χ3v) is 2.05. The van der Waals surface area contributed by atoms with Crippen LogP contribution >= 0.6 is 0 Å². The number of halogens is 2. The number of hydrogen-bond donors (Lipinski definition) is 1. The van der Waals surface area contributed by atoms with Gasteiger partial charge in [0.25, 0.3) is 6.43 Å². The number of methoxy groups -OCH3 is 1. The summed E-state index contributed by atoms with van der Waals surface area (Å²) in [6, 6.07) is 5.03. The summed E-state index contributed by atoms with van der Waals surface area (Å²) in [5, 5.41) is 0. The number of alkyl halides is 2. The van der Waals surface area contributed by atoms with E-state index in [0.717, 1.165) is 5.56 Å². The molecule has 0 heterocycles. The molecule has 0 unspecified atom stereocenters. The minimum absolute atomic E-state index is 0.429. The van der Waals surface area contributed by atoms with Crippen LogP contribution in [0.2, 0.25) is 0 Å². The maximum absolute atomic E-state index is 12.0. The first kappa shape index (κ1) is 12.7. The molecular formula is C11H15F2NO2. The topological polar surface area (TPSA) is 44.5 Å². The van der Waals surface area contributed by atoms with Gasteiger partial charge in [-0.15, -0.1) is 0 Å². The van der Waals surface area contributed by atoms with E-state index in [9.17, 15) is 8.78 Å². The van der Waals surface area contributed by atoms with Gasteiger partial charge in [0.15, 0.2) is 0 Å². The van der Waals surface area contributed by atoms with Crippen LogP contribution in [-0.2, 0) is 6.42 Å². The average Bonchev–Trinajstić information content (AvgIpc) is 2.27. The van der Waals surface area contributed by atoms with Crippen LogP contribution in [0.3, 0.4) is 0 Å². The molecule has 0 fully saturated rings. The second-order valence-electron chi connectivity index (χ2n) is 3.21. The van der Waals surface area contributed by atoms with Gasteiger partial charge in [0.05, 0.1) is 7.11 Å². The van der Waals surface area contributed by atoms with Crippen molar-refractivity contribution in [2.45, 2.75) is 12.8 Å². The summed E-state index contributed by atoms with van der Waals surface area (Å²) in [5.74, 6) is 1.10. The van der Waals surface area contributed by atoms with Crippen molar-refractivity contribution in [1.29, 1.82) is 0 Å². The Morgan fingerprint density at radius 3 is 2.69 bits per heavy atom. The second kappa shape index (κ2) is 6.27. The molecule has 90 valence electrons. The zero-order valence-electron chi connectivity index (χ0n) is 9.08. The van der Waals surface area contributed by atoms with Gasteiger partial charge in [-0.3, -0.25) is 0 Å². The highest BCUT2D eigenvalue weighted by Crippen LogP contribution is 2.24. The van der Waals surface area contributed by atoms with Crippen molar-refractivity contribution < 1.29 is 18.3 Å². The Morgan fingerprint density at radius 1 is 1.38 bits per heavy atom.